The molecule has 3 nitrogen and oxygen atoms in total. The van der Waals surface area contributed by atoms with E-state index in [9.17, 15) is 5.11 Å². The number of phenolic OH excluding ortho intramolecular Hbond substituents is 1. The molecule has 0 amide bonds. The van der Waals surface area contributed by atoms with Crippen LogP contribution >= 0.6 is 31.9 Å². The summed E-state index contributed by atoms with van der Waals surface area (Å²) < 4.78 is 1.59. The van der Waals surface area contributed by atoms with Crippen molar-refractivity contribution < 1.29 is 5.11 Å². The van der Waals surface area contributed by atoms with Crippen molar-refractivity contribution in [3.05, 3.63) is 62.5 Å². The predicted molar refractivity (Wildman–Crippen MR) is 88.3 cm³/mol. The number of nitrogens with one attached hydrogen (secondary N) is 1. The fraction of sp³-hybridized carbons (Fsp3) is 0.133. The van der Waals surface area contributed by atoms with Gasteiger partial charge in [0.05, 0.1) is 4.47 Å². The number of rotatable bonds is 4. The lowest BCUT2D eigenvalue weighted by Crippen LogP contribution is -2.15. The first-order valence-electron chi connectivity index (χ1n) is 6.05. The molecule has 0 spiro atoms. The van der Waals surface area contributed by atoms with Gasteiger partial charge in [0.1, 0.15) is 5.75 Å². The molecule has 0 saturated heterocycles. The summed E-state index contributed by atoms with van der Waals surface area (Å²) in [6.45, 7) is 0. The summed E-state index contributed by atoms with van der Waals surface area (Å²) in [4.78, 5) is 0. The Balaban J connectivity index is 2.15. The Morgan fingerprint density at radius 3 is 2.45 bits per heavy atom. The van der Waals surface area contributed by atoms with Crippen LogP contribution < -0.4 is 5.73 Å². The highest BCUT2D eigenvalue weighted by Crippen LogP contribution is 2.32. The van der Waals surface area contributed by atoms with Crippen molar-refractivity contribution in [3.8, 4) is 5.75 Å². The van der Waals surface area contributed by atoms with Gasteiger partial charge in [0.15, 0.2) is 0 Å². The van der Waals surface area contributed by atoms with Crippen molar-refractivity contribution in [1.82, 2.24) is 0 Å². The predicted octanol–water partition coefficient (Wildman–Crippen LogP) is 4.38. The van der Waals surface area contributed by atoms with E-state index in [1.54, 1.807) is 12.1 Å². The number of hydrogen-bond donors (Lipinski definition) is 3. The van der Waals surface area contributed by atoms with Crippen LogP contribution in [0.15, 0.2) is 51.4 Å². The topological polar surface area (TPSA) is 70.1 Å². The first kappa shape index (κ1) is 15.2. The molecule has 1 unspecified atom stereocenters. The summed E-state index contributed by atoms with van der Waals surface area (Å²) in [5, 5.41) is 18.1. The molecule has 0 aliphatic rings. The summed E-state index contributed by atoms with van der Waals surface area (Å²) in [6, 6.07) is 12.5. The van der Waals surface area contributed by atoms with Gasteiger partial charge in [0, 0.05) is 28.2 Å². The van der Waals surface area contributed by atoms with E-state index in [4.69, 9.17) is 11.1 Å². The van der Waals surface area contributed by atoms with E-state index in [0.29, 0.717) is 22.2 Å². The monoisotopic (exact) mass is 396 g/mol. The minimum absolute atomic E-state index is 0.142. The molecule has 1 atom stereocenters. The van der Waals surface area contributed by atoms with Crippen molar-refractivity contribution >= 4 is 37.6 Å². The molecule has 2 aromatic carbocycles. The fourth-order valence-corrected chi connectivity index (χ4v) is 2.58. The van der Waals surface area contributed by atoms with Gasteiger partial charge in [-0.2, -0.15) is 0 Å². The fourth-order valence-electron chi connectivity index (χ4n) is 1.93. The Labute approximate surface area is 134 Å². The average Bonchev–Trinajstić information content (AvgIpc) is 2.42. The lowest BCUT2D eigenvalue weighted by atomic mass is 9.97. The van der Waals surface area contributed by atoms with E-state index in [2.05, 4.69) is 31.9 Å². The molecule has 0 heterocycles. The summed E-state index contributed by atoms with van der Waals surface area (Å²) in [5.41, 5.74) is 8.02. The first-order valence-corrected chi connectivity index (χ1v) is 7.64. The smallest absolute Gasteiger partial charge is 0.134 e. The van der Waals surface area contributed by atoms with E-state index in [0.717, 1.165) is 10.0 Å². The van der Waals surface area contributed by atoms with Crippen LogP contribution in [0.1, 0.15) is 23.6 Å². The number of halogens is 2. The Morgan fingerprint density at radius 2 is 1.80 bits per heavy atom. The number of para-hydroxylation sites is 1. The number of hydrogen-bond acceptors (Lipinski definition) is 3. The number of phenols is 1. The van der Waals surface area contributed by atoms with Crippen LogP contribution in [0.3, 0.4) is 0 Å². The highest BCUT2D eigenvalue weighted by molar-refractivity contribution is 9.10. The Bertz CT molecular complexity index is 626. The van der Waals surface area contributed by atoms with Gasteiger partial charge in [0.2, 0.25) is 0 Å². The zero-order chi connectivity index (χ0) is 14.7. The molecule has 0 fully saturated rings. The van der Waals surface area contributed by atoms with Gasteiger partial charge in [-0.3, -0.25) is 0 Å². The number of nitrogens with two attached hydrogens (primary N) is 1. The molecule has 4 N–H and O–H groups in total. The van der Waals surface area contributed by atoms with Gasteiger partial charge in [0.25, 0.3) is 0 Å². The zero-order valence-electron chi connectivity index (χ0n) is 10.6. The second-order valence-corrected chi connectivity index (χ2v) is 6.24. The van der Waals surface area contributed by atoms with E-state index in [1.807, 2.05) is 30.3 Å². The highest BCUT2D eigenvalue weighted by Gasteiger charge is 2.15. The molecule has 104 valence electrons. The van der Waals surface area contributed by atoms with Crippen LogP contribution in [0.5, 0.6) is 5.75 Å². The second kappa shape index (κ2) is 6.52. The van der Waals surface area contributed by atoms with Crippen molar-refractivity contribution in [2.75, 3.05) is 0 Å². The summed E-state index contributed by atoms with van der Waals surface area (Å²) >= 11 is 6.64. The largest absolute Gasteiger partial charge is 0.506 e. The second-order valence-electron chi connectivity index (χ2n) is 4.47. The van der Waals surface area contributed by atoms with Gasteiger partial charge in [-0.1, -0.05) is 40.2 Å². The maximum absolute atomic E-state index is 9.98. The molecule has 0 bridgehead atoms. The maximum atomic E-state index is 9.98. The quantitative estimate of drug-likeness (QED) is 0.670. The van der Waals surface area contributed by atoms with E-state index in [1.165, 1.54) is 0 Å². The van der Waals surface area contributed by atoms with Gasteiger partial charge in [-0.05, 0) is 39.7 Å². The molecule has 0 saturated carbocycles. The average molecular weight is 398 g/mol. The molecule has 0 aromatic heterocycles. The summed E-state index contributed by atoms with van der Waals surface area (Å²) in [7, 11) is 0. The van der Waals surface area contributed by atoms with Crippen LogP contribution in [-0.2, 0) is 0 Å². The van der Waals surface area contributed by atoms with Gasteiger partial charge in [-0.25, -0.2) is 0 Å². The molecule has 2 rings (SSSR count). The molecule has 0 aliphatic heterocycles. The summed E-state index contributed by atoms with van der Waals surface area (Å²) in [6.07, 6.45) is 0.367. The molecule has 20 heavy (non-hydrogen) atoms. The normalized spacial score (nSPS) is 12.2. The third-order valence-corrected chi connectivity index (χ3v) is 4.20. The van der Waals surface area contributed by atoms with Crippen LogP contribution in [0.2, 0.25) is 0 Å². The minimum atomic E-state index is -0.413. The van der Waals surface area contributed by atoms with E-state index >= 15 is 0 Å². The zero-order valence-corrected chi connectivity index (χ0v) is 13.8. The standard InChI is InChI=1S/C15H14Br2N2O/c16-10-6-4-9(5-7-10)13(18)8-14(19)11-2-1-3-12(17)15(11)20/h1-7,14,18,20H,8,19H2. The van der Waals surface area contributed by atoms with Gasteiger partial charge >= 0.3 is 0 Å². The van der Waals surface area contributed by atoms with Gasteiger partial charge < -0.3 is 16.2 Å². The van der Waals surface area contributed by atoms with Crippen LogP contribution in [0.25, 0.3) is 0 Å². The van der Waals surface area contributed by atoms with Crippen molar-refractivity contribution in [2.45, 2.75) is 12.5 Å². The van der Waals surface area contributed by atoms with E-state index in [-0.39, 0.29) is 5.75 Å². The highest BCUT2D eigenvalue weighted by atomic mass is 79.9. The van der Waals surface area contributed by atoms with Crippen molar-refractivity contribution in [3.63, 3.8) is 0 Å². The van der Waals surface area contributed by atoms with Crippen LogP contribution in [-0.4, -0.2) is 10.8 Å². The molecule has 0 radical (unpaired) electrons. The lowest BCUT2D eigenvalue weighted by Gasteiger charge is -2.15. The SMILES string of the molecule is N=C(CC(N)c1cccc(Br)c1O)c1ccc(Br)cc1. The minimum Gasteiger partial charge on any atom is -0.506 e. The Kier molecular flexibility index (Phi) is 4.96. The van der Waals surface area contributed by atoms with Crippen LogP contribution in [0, 0.1) is 5.41 Å². The van der Waals surface area contributed by atoms with Crippen molar-refractivity contribution in [1.29, 1.82) is 5.41 Å². The van der Waals surface area contributed by atoms with Gasteiger partial charge in [-0.15, -0.1) is 0 Å². The third-order valence-electron chi connectivity index (χ3n) is 3.03. The first-order chi connectivity index (χ1) is 9.49. The molecule has 5 heteroatoms. The summed E-state index contributed by atoms with van der Waals surface area (Å²) in [5.74, 6) is 0.142. The molecule has 0 aliphatic carbocycles. The third kappa shape index (κ3) is 3.48. The Morgan fingerprint density at radius 1 is 1.15 bits per heavy atom. The van der Waals surface area contributed by atoms with Crippen LogP contribution in [0.4, 0.5) is 0 Å². The Hall–Kier alpha value is -1.17. The number of aromatic hydroxyl groups is 1. The van der Waals surface area contributed by atoms with E-state index < -0.39 is 6.04 Å². The molecular weight excluding hydrogens is 384 g/mol. The van der Waals surface area contributed by atoms with Crippen molar-refractivity contribution in [2.24, 2.45) is 5.73 Å². The lowest BCUT2D eigenvalue weighted by molar-refractivity contribution is 0.459. The molecular formula is C15H14Br2N2O. The number of benzene rings is 2. The maximum Gasteiger partial charge on any atom is 0.134 e. The molecule has 2 aromatic rings.